The van der Waals surface area contributed by atoms with Crippen molar-refractivity contribution in [2.24, 2.45) is 0 Å². The number of ether oxygens (including phenoxy) is 2. The summed E-state index contributed by atoms with van der Waals surface area (Å²) in [6, 6.07) is 14.7. The first-order valence-electron chi connectivity index (χ1n) is 12.9. The van der Waals surface area contributed by atoms with Crippen molar-refractivity contribution in [3.8, 4) is 17.1 Å². The number of rotatable bonds is 10. The Morgan fingerprint density at radius 3 is 2.50 bits per heavy atom. The Hall–Kier alpha value is -3.97. The number of halogens is 4. The van der Waals surface area contributed by atoms with Crippen molar-refractivity contribution in [1.82, 2.24) is 14.5 Å². The van der Waals surface area contributed by atoms with E-state index in [-0.39, 0.29) is 41.3 Å². The molecule has 7 nitrogen and oxygen atoms in total. The van der Waals surface area contributed by atoms with Crippen molar-refractivity contribution >= 4 is 39.6 Å². The molecule has 0 atom stereocenters. The number of hydrogen-bond acceptors (Lipinski definition) is 5. The van der Waals surface area contributed by atoms with Crippen molar-refractivity contribution in [1.29, 1.82) is 0 Å². The van der Waals surface area contributed by atoms with Gasteiger partial charge in [0, 0.05) is 40.8 Å². The van der Waals surface area contributed by atoms with Gasteiger partial charge >= 0.3 is 5.97 Å². The van der Waals surface area contributed by atoms with Crippen LogP contribution in [0.15, 0.2) is 60.7 Å². The molecular weight excluding hydrogens is 662 g/mol. The van der Waals surface area contributed by atoms with Crippen LogP contribution in [0.5, 0.6) is 5.88 Å². The fourth-order valence-corrected chi connectivity index (χ4v) is 5.31. The van der Waals surface area contributed by atoms with E-state index in [0.717, 1.165) is 17.7 Å². The Bertz CT molecular complexity index is 1810. The predicted molar refractivity (Wildman–Crippen MR) is 159 cm³/mol. The normalized spacial score (nSPS) is 11.3. The van der Waals surface area contributed by atoms with E-state index in [9.17, 15) is 14.3 Å². The number of carboxylic acid groups (broad SMARTS) is 1. The van der Waals surface area contributed by atoms with E-state index < -0.39 is 23.4 Å². The molecule has 216 valence electrons. The maximum absolute atomic E-state index is 15.4. The van der Waals surface area contributed by atoms with Gasteiger partial charge < -0.3 is 19.1 Å². The van der Waals surface area contributed by atoms with Gasteiger partial charge in [-0.15, -0.1) is 0 Å². The summed E-state index contributed by atoms with van der Waals surface area (Å²) in [4.78, 5) is 20.6. The van der Waals surface area contributed by atoms with Crippen LogP contribution in [0.3, 0.4) is 0 Å². The minimum Gasteiger partial charge on any atom is -0.478 e. The molecule has 5 rings (SSSR count). The number of aromatic carboxylic acids is 1. The first-order valence-corrected chi connectivity index (χ1v) is 14.0. The molecule has 1 N–H and O–H groups in total. The fourth-order valence-electron chi connectivity index (χ4n) is 4.58. The second kappa shape index (κ2) is 12.5. The molecule has 0 bridgehead atoms. The van der Waals surface area contributed by atoms with Crippen LogP contribution in [0.1, 0.15) is 32.9 Å². The van der Waals surface area contributed by atoms with Gasteiger partial charge in [0.2, 0.25) is 5.88 Å². The van der Waals surface area contributed by atoms with E-state index in [1.165, 1.54) is 31.4 Å². The average molecular weight is 687 g/mol. The van der Waals surface area contributed by atoms with Crippen molar-refractivity contribution in [3.05, 3.63) is 110 Å². The number of nitrogens with zero attached hydrogens (tertiary/aromatic N) is 3. The molecule has 0 amide bonds. The van der Waals surface area contributed by atoms with Crippen molar-refractivity contribution in [3.63, 3.8) is 0 Å². The zero-order chi connectivity index (χ0) is 30.0. The van der Waals surface area contributed by atoms with E-state index in [0.29, 0.717) is 39.1 Å². The molecule has 0 saturated carbocycles. The summed E-state index contributed by atoms with van der Waals surface area (Å²) in [7, 11) is 1.54. The number of fused-ring (bicyclic) bond motifs is 1. The van der Waals surface area contributed by atoms with Gasteiger partial charge in [0.05, 0.1) is 23.4 Å². The summed E-state index contributed by atoms with van der Waals surface area (Å²) in [6.45, 7) is 2.36. The van der Waals surface area contributed by atoms with Gasteiger partial charge in [0.1, 0.15) is 35.4 Å². The number of pyridine rings is 1. The smallest absolute Gasteiger partial charge is 0.335 e. The first kappa shape index (κ1) is 29.5. The largest absolute Gasteiger partial charge is 0.478 e. The Kier molecular flexibility index (Phi) is 8.78. The summed E-state index contributed by atoms with van der Waals surface area (Å²) in [5.41, 5.74) is 2.53. The fraction of sp³-hybridized carbons (Fsp3) is 0.194. The molecule has 0 unspecified atom stereocenters. The molecule has 42 heavy (non-hydrogen) atoms. The SMILES string of the molecule is COCCn1c(Cc2cc(F)c(-c3cccc(OCc4ccc(C)cc4F)n3)cc2F)nc2c(I)cc(C(=O)O)cc21. The average Bonchev–Trinajstić information content (AvgIpc) is 3.30. The van der Waals surface area contributed by atoms with Crippen LogP contribution in [-0.4, -0.2) is 39.3 Å². The third-order valence-corrected chi connectivity index (χ3v) is 7.54. The maximum Gasteiger partial charge on any atom is 0.335 e. The van der Waals surface area contributed by atoms with E-state index >= 15 is 8.78 Å². The van der Waals surface area contributed by atoms with E-state index in [1.54, 1.807) is 35.8 Å². The van der Waals surface area contributed by atoms with Crippen LogP contribution in [0.2, 0.25) is 0 Å². The van der Waals surface area contributed by atoms with Crippen LogP contribution in [0, 0.1) is 27.9 Å². The topological polar surface area (TPSA) is 86.5 Å². The minimum atomic E-state index is -1.08. The van der Waals surface area contributed by atoms with Gasteiger partial charge in [-0.3, -0.25) is 0 Å². The van der Waals surface area contributed by atoms with Crippen LogP contribution < -0.4 is 4.74 Å². The molecule has 0 aliphatic rings. The molecule has 0 aliphatic heterocycles. The number of aryl methyl sites for hydroxylation is 1. The quantitative estimate of drug-likeness (QED) is 0.160. The highest BCUT2D eigenvalue weighted by Gasteiger charge is 2.20. The molecule has 0 spiro atoms. The van der Waals surface area contributed by atoms with E-state index in [1.807, 2.05) is 22.6 Å². The number of methoxy groups -OCH3 is 1. The Morgan fingerprint density at radius 1 is 0.976 bits per heavy atom. The van der Waals surface area contributed by atoms with E-state index in [4.69, 9.17) is 9.47 Å². The van der Waals surface area contributed by atoms with Crippen LogP contribution in [-0.2, 0) is 24.3 Å². The van der Waals surface area contributed by atoms with E-state index in [2.05, 4.69) is 9.97 Å². The Morgan fingerprint density at radius 2 is 1.76 bits per heavy atom. The zero-order valence-electron chi connectivity index (χ0n) is 22.6. The van der Waals surface area contributed by atoms with Crippen molar-refractivity contribution in [2.45, 2.75) is 26.5 Å². The van der Waals surface area contributed by atoms with Crippen molar-refractivity contribution < 1.29 is 32.5 Å². The van der Waals surface area contributed by atoms with Crippen LogP contribution in [0.4, 0.5) is 13.2 Å². The number of benzene rings is 3. The van der Waals surface area contributed by atoms with Gasteiger partial charge in [0.25, 0.3) is 0 Å². The molecular formula is C31H25F3IN3O4. The molecule has 3 aromatic carbocycles. The monoisotopic (exact) mass is 687 g/mol. The van der Waals surface area contributed by atoms with Gasteiger partial charge in [0.15, 0.2) is 0 Å². The summed E-state index contributed by atoms with van der Waals surface area (Å²) < 4.78 is 58.2. The lowest BCUT2D eigenvalue weighted by Gasteiger charge is -2.12. The number of aromatic nitrogens is 3. The second-order valence-electron chi connectivity index (χ2n) is 9.65. The first-order chi connectivity index (χ1) is 20.1. The van der Waals surface area contributed by atoms with Gasteiger partial charge in [-0.05, 0) is 77.0 Å². The maximum atomic E-state index is 15.4. The Labute approximate surface area is 253 Å². The highest BCUT2D eigenvalue weighted by molar-refractivity contribution is 14.1. The van der Waals surface area contributed by atoms with Crippen molar-refractivity contribution in [2.75, 3.05) is 13.7 Å². The highest BCUT2D eigenvalue weighted by Crippen LogP contribution is 2.29. The van der Waals surface area contributed by atoms with Gasteiger partial charge in [-0.1, -0.05) is 18.2 Å². The van der Waals surface area contributed by atoms with Crippen LogP contribution in [0.25, 0.3) is 22.3 Å². The standard InChI is InChI=1S/C31H25F3IN3O4/c1-17-6-7-18(22(32)10-17)16-42-29-5-3-4-26(36-29)21-15-23(33)19(11-24(21)34)14-28-37-30-25(35)12-20(31(39)40)13-27(30)38(28)8-9-41-2/h3-7,10-13,15H,8-9,14,16H2,1-2H3,(H,39,40). The van der Waals surface area contributed by atoms with Crippen LogP contribution >= 0.6 is 22.6 Å². The predicted octanol–water partition coefficient (Wildman–Crippen LogP) is 6.94. The third-order valence-electron chi connectivity index (χ3n) is 6.72. The molecule has 2 heterocycles. The highest BCUT2D eigenvalue weighted by atomic mass is 127. The summed E-state index contributed by atoms with van der Waals surface area (Å²) in [6.07, 6.45) is -0.0430. The zero-order valence-corrected chi connectivity index (χ0v) is 24.8. The molecule has 0 radical (unpaired) electrons. The number of imidazole rings is 1. The number of carboxylic acids is 1. The summed E-state index contributed by atoms with van der Waals surface area (Å²) in [5.74, 6) is -2.26. The van der Waals surface area contributed by atoms with Gasteiger partial charge in [-0.25, -0.2) is 27.9 Å². The lowest BCUT2D eigenvalue weighted by Crippen LogP contribution is -2.10. The molecule has 0 fully saturated rings. The Balaban J connectivity index is 1.43. The molecule has 0 saturated heterocycles. The second-order valence-corrected chi connectivity index (χ2v) is 10.8. The lowest BCUT2D eigenvalue weighted by molar-refractivity contribution is 0.0697. The van der Waals surface area contributed by atoms with Gasteiger partial charge in [-0.2, -0.15) is 0 Å². The minimum absolute atomic E-state index is 0.0430. The summed E-state index contributed by atoms with van der Waals surface area (Å²) in [5, 5.41) is 9.51. The molecule has 2 aromatic heterocycles. The third kappa shape index (κ3) is 6.26. The summed E-state index contributed by atoms with van der Waals surface area (Å²) >= 11 is 2.01. The number of carbonyl (C=O) groups is 1. The molecule has 11 heteroatoms. The lowest BCUT2D eigenvalue weighted by atomic mass is 10.0. The molecule has 5 aromatic rings. The molecule has 0 aliphatic carbocycles. The number of hydrogen-bond donors (Lipinski definition) is 1.